The van der Waals surface area contributed by atoms with Crippen molar-refractivity contribution in [2.45, 2.75) is 6.54 Å². The van der Waals surface area contributed by atoms with Crippen LogP contribution in [0.5, 0.6) is 5.75 Å². The van der Waals surface area contributed by atoms with Gasteiger partial charge in [-0.15, -0.1) is 11.3 Å². The Labute approximate surface area is 126 Å². The number of benzene rings is 2. The highest BCUT2D eigenvalue weighted by atomic mass is 32.1. The largest absolute Gasteiger partial charge is 0.508 e. The summed E-state index contributed by atoms with van der Waals surface area (Å²) in [4.78, 5) is 0.930. The number of rotatable bonds is 4. The average molecular weight is 299 g/mol. The second-order valence-electron chi connectivity index (χ2n) is 4.69. The summed E-state index contributed by atoms with van der Waals surface area (Å²) in [7, 11) is 0. The second-order valence-corrected chi connectivity index (χ2v) is 5.64. The molecule has 2 nitrogen and oxygen atoms in total. The van der Waals surface area contributed by atoms with Crippen LogP contribution in [-0.4, -0.2) is 5.11 Å². The molecule has 1 aromatic heterocycles. The molecule has 0 unspecified atom stereocenters. The number of phenolic OH excluding ortho intramolecular Hbond substituents is 1. The standard InChI is InChI=1S/C17H14FNOS/c18-16-8-3-12(10-15(16)17-2-1-9-21-17)11-19-13-4-6-14(20)7-5-13/h1-10,19-20H,11H2. The van der Waals surface area contributed by atoms with E-state index in [1.165, 1.54) is 17.4 Å². The summed E-state index contributed by atoms with van der Waals surface area (Å²) < 4.78 is 13.9. The van der Waals surface area contributed by atoms with Gasteiger partial charge in [-0.3, -0.25) is 0 Å². The lowest BCUT2D eigenvalue weighted by atomic mass is 10.1. The van der Waals surface area contributed by atoms with Crippen LogP contribution in [-0.2, 0) is 6.54 Å². The van der Waals surface area contributed by atoms with Gasteiger partial charge in [0.25, 0.3) is 0 Å². The number of hydrogen-bond donors (Lipinski definition) is 2. The van der Waals surface area contributed by atoms with E-state index in [-0.39, 0.29) is 11.6 Å². The lowest BCUT2D eigenvalue weighted by molar-refractivity contribution is 0.475. The third-order valence-corrected chi connectivity index (χ3v) is 4.08. The van der Waals surface area contributed by atoms with Crippen molar-refractivity contribution in [3.63, 3.8) is 0 Å². The Balaban J connectivity index is 1.77. The Morgan fingerprint density at radius 3 is 2.57 bits per heavy atom. The second kappa shape index (κ2) is 5.97. The molecule has 1 heterocycles. The van der Waals surface area contributed by atoms with Crippen LogP contribution in [0.2, 0.25) is 0 Å². The Hall–Kier alpha value is -2.33. The van der Waals surface area contributed by atoms with Crippen molar-refractivity contribution in [1.29, 1.82) is 0 Å². The number of phenols is 1. The van der Waals surface area contributed by atoms with Gasteiger partial charge in [0.1, 0.15) is 11.6 Å². The van der Waals surface area contributed by atoms with Crippen molar-refractivity contribution in [3.8, 4) is 16.2 Å². The quantitative estimate of drug-likeness (QED) is 0.673. The fourth-order valence-corrected chi connectivity index (χ4v) is 2.83. The van der Waals surface area contributed by atoms with Gasteiger partial charge < -0.3 is 10.4 Å². The minimum absolute atomic E-state index is 0.203. The molecule has 106 valence electrons. The molecule has 0 fully saturated rings. The normalized spacial score (nSPS) is 10.5. The van der Waals surface area contributed by atoms with Crippen molar-refractivity contribution >= 4 is 17.0 Å². The maximum absolute atomic E-state index is 13.9. The number of halogens is 1. The smallest absolute Gasteiger partial charge is 0.131 e. The highest BCUT2D eigenvalue weighted by molar-refractivity contribution is 7.13. The van der Waals surface area contributed by atoms with Crippen molar-refractivity contribution in [1.82, 2.24) is 0 Å². The van der Waals surface area contributed by atoms with Crippen LogP contribution in [0.25, 0.3) is 10.4 Å². The molecule has 0 radical (unpaired) electrons. The van der Waals surface area contributed by atoms with Crippen LogP contribution in [0.3, 0.4) is 0 Å². The van der Waals surface area contributed by atoms with Crippen LogP contribution in [0.1, 0.15) is 5.56 Å². The monoisotopic (exact) mass is 299 g/mol. The van der Waals surface area contributed by atoms with Crippen molar-refractivity contribution in [3.05, 3.63) is 71.4 Å². The summed E-state index contributed by atoms with van der Waals surface area (Å²) in [6.45, 7) is 0.601. The minimum atomic E-state index is -0.203. The van der Waals surface area contributed by atoms with Crippen LogP contribution in [0, 0.1) is 5.82 Å². The van der Waals surface area contributed by atoms with Gasteiger partial charge in [0.2, 0.25) is 0 Å². The molecule has 0 bridgehead atoms. The van der Waals surface area contributed by atoms with Gasteiger partial charge in [-0.2, -0.15) is 0 Å². The Morgan fingerprint density at radius 1 is 1.05 bits per heavy atom. The molecule has 0 aliphatic heterocycles. The number of nitrogens with one attached hydrogen (secondary N) is 1. The summed E-state index contributed by atoms with van der Waals surface area (Å²) >= 11 is 1.53. The summed E-state index contributed by atoms with van der Waals surface area (Å²) in [5, 5.41) is 14.4. The van der Waals surface area contributed by atoms with Gasteiger partial charge in [0.05, 0.1) is 0 Å². The van der Waals surface area contributed by atoms with Crippen molar-refractivity contribution in [2.24, 2.45) is 0 Å². The SMILES string of the molecule is Oc1ccc(NCc2ccc(F)c(-c3cccs3)c2)cc1. The van der Waals surface area contributed by atoms with Gasteiger partial charge in [-0.25, -0.2) is 4.39 Å². The fraction of sp³-hybridized carbons (Fsp3) is 0.0588. The number of aromatic hydroxyl groups is 1. The molecular formula is C17H14FNOS. The number of hydrogen-bond acceptors (Lipinski definition) is 3. The fourth-order valence-electron chi connectivity index (χ4n) is 2.09. The molecular weight excluding hydrogens is 285 g/mol. The van der Waals surface area contributed by atoms with E-state index in [1.54, 1.807) is 30.3 Å². The van der Waals surface area contributed by atoms with Crippen LogP contribution < -0.4 is 5.32 Å². The zero-order valence-electron chi connectivity index (χ0n) is 11.2. The van der Waals surface area contributed by atoms with E-state index >= 15 is 0 Å². The Kier molecular flexibility index (Phi) is 3.88. The third-order valence-electron chi connectivity index (χ3n) is 3.18. The summed E-state index contributed by atoms with van der Waals surface area (Å²) in [5.74, 6) is 0.0353. The molecule has 0 saturated heterocycles. The Bertz CT molecular complexity index is 723. The zero-order chi connectivity index (χ0) is 14.7. The first kappa shape index (κ1) is 13.6. The van der Waals surface area contributed by atoms with E-state index in [9.17, 15) is 9.50 Å². The van der Waals surface area contributed by atoms with E-state index in [0.717, 1.165) is 16.1 Å². The molecule has 4 heteroatoms. The van der Waals surface area contributed by atoms with E-state index in [0.29, 0.717) is 12.1 Å². The molecule has 21 heavy (non-hydrogen) atoms. The first-order valence-electron chi connectivity index (χ1n) is 6.57. The number of anilines is 1. The highest BCUT2D eigenvalue weighted by Crippen LogP contribution is 2.28. The van der Waals surface area contributed by atoms with Crippen molar-refractivity contribution < 1.29 is 9.50 Å². The maximum Gasteiger partial charge on any atom is 0.131 e. The van der Waals surface area contributed by atoms with Crippen LogP contribution >= 0.6 is 11.3 Å². The summed E-state index contributed by atoms with van der Waals surface area (Å²) in [6.07, 6.45) is 0. The first-order chi connectivity index (χ1) is 10.2. The van der Waals surface area contributed by atoms with Gasteiger partial charge >= 0.3 is 0 Å². The maximum atomic E-state index is 13.9. The molecule has 2 N–H and O–H groups in total. The van der Waals surface area contributed by atoms with Crippen molar-refractivity contribution in [2.75, 3.05) is 5.32 Å². The average Bonchev–Trinajstić information content (AvgIpc) is 3.02. The molecule has 0 spiro atoms. The first-order valence-corrected chi connectivity index (χ1v) is 7.45. The molecule has 0 atom stereocenters. The lowest BCUT2D eigenvalue weighted by Gasteiger charge is -2.08. The minimum Gasteiger partial charge on any atom is -0.508 e. The molecule has 0 amide bonds. The summed E-state index contributed by atoms with van der Waals surface area (Å²) in [5.41, 5.74) is 2.55. The number of thiophene rings is 1. The molecule has 0 aliphatic rings. The van der Waals surface area contributed by atoms with Gasteiger partial charge in [0.15, 0.2) is 0 Å². The van der Waals surface area contributed by atoms with Crippen LogP contribution in [0.15, 0.2) is 60.0 Å². The van der Waals surface area contributed by atoms with Crippen LogP contribution in [0.4, 0.5) is 10.1 Å². The molecule has 0 aliphatic carbocycles. The van der Waals surface area contributed by atoms with Gasteiger partial charge in [0, 0.05) is 22.7 Å². The molecule has 0 saturated carbocycles. The predicted molar refractivity (Wildman–Crippen MR) is 85.1 cm³/mol. The topological polar surface area (TPSA) is 32.3 Å². The lowest BCUT2D eigenvalue weighted by Crippen LogP contribution is -1.99. The van der Waals surface area contributed by atoms with E-state index in [1.807, 2.05) is 23.6 Å². The predicted octanol–water partition coefficient (Wildman–Crippen LogP) is 4.87. The molecule has 2 aromatic carbocycles. The van der Waals surface area contributed by atoms with E-state index < -0.39 is 0 Å². The van der Waals surface area contributed by atoms with E-state index in [2.05, 4.69) is 5.32 Å². The Morgan fingerprint density at radius 2 is 1.86 bits per heavy atom. The van der Waals surface area contributed by atoms with Gasteiger partial charge in [-0.1, -0.05) is 12.1 Å². The van der Waals surface area contributed by atoms with E-state index in [4.69, 9.17) is 0 Å². The van der Waals surface area contributed by atoms with Gasteiger partial charge in [-0.05, 0) is 53.4 Å². The highest BCUT2D eigenvalue weighted by Gasteiger charge is 2.07. The summed E-state index contributed by atoms with van der Waals surface area (Å²) in [6, 6.07) is 15.9. The zero-order valence-corrected chi connectivity index (χ0v) is 12.0. The molecule has 3 aromatic rings. The third kappa shape index (κ3) is 3.23. The molecule has 3 rings (SSSR count).